The smallest absolute Gasteiger partial charge is 0.318 e. The summed E-state index contributed by atoms with van der Waals surface area (Å²) in [5, 5.41) is 5.35. The second-order valence-electron chi connectivity index (χ2n) is 8.81. The topological polar surface area (TPSA) is 82.6 Å². The molecule has 1 saturated carbocycles. The SMILES string of the molecule is CNC(=O)Nc1ccc(-c2nc3c(c(N4CCOC[C@@H]4C)n2)CN(CC2CC2)C3)cc1. The van der Waals surface area contributed by atoms with Crippen LogP contribution >= 0.6 is 0 Å². The van der Waals surface area contributed by atoms with Gasteiger partial charge in [-0.2, -0.15) is 0 Å². The Morgan fingerprint density at radius 2 is 2.00 bits per heavy atom. The van der Waals surface area contributed by atoms with Gasteiger partial charge in [-0.15, -0.1) is 0 Å². The maximum atomic E-state index is 11.6. The fourth-order valence-corrected chi connectivity index (χ4v) is 4.40. The lowest BCUT2D eigenvalue weighted by Gasteiger charge is -2.35. The Kier molecular flexibility index (Phi) is 5.50. The normalized spacial score (nSPS) is 21.1. The Morgan fingerprint density at radius 3 is 2.71 bits per heavy atom. The van der Waals surface area contributed by atoms with E-state index in [4.69, 9.17) is 14.7 Å². The number of morpholine rings is 1. The maximum Gasteiger partial charge on any atom is 0.318 e. The van der Waals surface area contributed by atoms with Crippen LogP contribution in [0.1, 0.15) is 31.0 Å². The first-order valence-electron chi connectivity index (χ1n) is 11.2. The lowest BCUT2D eigenvalue weighted by molar-refractivity contribution is 0.0984. The van der Waals surface area contributed by atoms with E-state index in [2.05, 4.69) is 27.4 Å². The number of nitrogens with zero attached hydrogens (tertiary/aromatic N) is 4. The summed E-state index contributed by atoms with van der Waals surface area (Å²) in [7, 11) is 1.60. The van der Waals surface area contributed by atoms with Gasteiger partial charge in [0.2, 0.25) is 0 Å². The number of hydrogen-bond donors (Lipinski definition) is 2. The highest BCUT2D eigenvalue weighted by molar-refractivity contribution is 5.89. The number of fused-ring (bicyclic) bond motifs is 1. The first kappa shape index (κ1) is 20.2. The third-order valence-electron chi connectivity index (χ3n) is 6.31. The predicted molar refractivity (Wildman–Crippen MR) is 120 cm³/mol. The van der Waals surface area contributed by atoms with E-state index in [1.165, 1.54) is 18.4 Å². The van der Waals surface area contributed by atoms with Crippen molar-refractivity contribution in [2.24, 2.45) is 5.92 Å². The van der Waals surface area contributed by atoms with Gasteiger partial charge in [0.15, 0.2) is 5.82 Å². The van der Waals surface area contributed by atoms with Crippen LogP contribution in [-0.2, 0) is 17.8 Å². The van der Waals surface area contributed by atoms with Crippen molar-refractivity contribution in [1.82, 2.24) is 20.2 Å². The average molecular weight is 423 g/mol. The quantitative estimate of drug-likeness (QED) is 0.771. The molecular weight excluding hydrogens is 392 g/mol. The summed E-state index contributed by atoms with van der Waals surface area (Å²) in [6.07, 6.45) is 2.71. The molecule has 164 valence electrons. The van der Waals surface area contributed by atoms with Crippen molar-refractivity contribution in [3.8, 4) is 11.4 Å². The maximum absolute atomic E-state index is 11.6. The number of carbonyl (C=O) groups excluding carboxylic acids is 1. The van der Waals surface area contributed by atoms with Gasteiger partial charge in [0.05, 0.1) is 24.9 Å². The third-order valence-corrected chi connectivity index (χ3v) is 6.31. The average Bonchev–Trinajstić information content (AvgIpc) is 3.50. The number of benzene rings is 1. The van der Waals surface area contributed by atoms with Crippen molar-refractivity contribution in [1.29, 1.82) is 0 Å². The van der Waals surface area contributed by atoms with Crippen molar-refractivity contribution >= 4 is 17.5 Å². The molecule has 0 bridgehead atoms. The third kappa shape index (κ3) is 4.36. The highest BCUT2D eigenvalue weighted by Gasteiger charge is 2.33. The Hall–Kier alpha value is -2.71. The first-order chi connectivity index (χ1) is 15.1. The van der Waals surface area contributed by atoms with Gasteiger partial charge in [-0.3, -0.25) is 4.90 Å². The van der Waals surface area contributed by atoms with E-state index >= 15 is 0 Å². The molecule has 3 aliphatic rings. The van der Waals surface area contributed by atoms with Crippen molar-refractivity contribution in [2.45, 2.75) is 38.9 Å². The zero-order valence-electron chi connectivity index (χ0n) is 18.2. The van der Waals surface area contributed by atoms with Crippen molar-refractivity contribution < 1.29 is 9.53 Å². The minimum Gasteiger partial charge on any atom is -0.377 e. The molecule has 2 N–H and O–H groups in total. The van der Waals surface area contributed by atoms with E-state index in [-0.39, 0.29) is 12.1 Å². The molecule has 1 aromatic heterocycles. The highest BCUT2D eigenvalue weighted by Crippen LogP contribution is 2.36. The Labute approximate surface area is 183 Å². The van der Waals surface area contributed by atoms with E-state index in [0.717, 1.165) is 73.9 Å². The van der Waals surface area contributed by atoms with Crippen molar-refractivity contribution in [2.75, 3.05) is 43.6 Å². The molecule has 0 unspecified atom stereocenters. The predicted octanol–water partition coefficient (Wildman–Crippen LogP) is 2.85. The largest absolute Gasteiger partial charge is 0.377 e. The molecule has 1 aromatic carbocycles. The molecule has 8 heteroatoms. The van der Waals surface area contributed by atoms with Crippen LogP contribution in [-0.4, -0.2) is 60.3 Å². The number of aromatic nitrogens is 2. The Bertz CT molecular complexity index is 959. The molecule has 2 amide bonds. The fraction of sp³-hybridized carbons (Fsp3) is 0.522. The van der Waals surface area contributed by atoms with E-state index in [1.807, 2.05) is 24.3 Å². The van der Waals surface area contributed by atoms with E-state index < -0.39 is 0 Å². The fourth-order valence-electron chi connectivity index (χ4n) is 4.40. The molecule has 2 fully saturated rings. The molecule has 31 heavy (non-hydrogen) atoms. The second kappa shape index (κ2) is 8.43. The lowest BCUT2D eigenvalue weighted by Crippen LogP contribution is -2.44. The summed E-state index contributed by atoms with van der Waals surface area (Å²) >= 11 is 0. The van der Waals surface area contributed by atoms with Crippen LogP contribution in [0.25, 0.3) is 11.4 Å². The highest BCUT2D eigenvalue weighted by atomic mass is 16.5. The number of anilines is 2. The molecule has 0 spiro atoms. The standard InChI is InChI=1S/C23H30N6O2/c1-15-14-31-10-9-29(15)22-19-12-28(11-16-3-4-16)13-20(19)26-21(27-22)17-5-7-18(8-6-17)25-23(30)24-2/h5-8,15-16H,3-4,9-14H2,1-2H3,(H2,24,25,30)/t15-/m0/s1. The van der Waals surface area contributed by atoms with Crippen molar-refractivity contribution in [3.05, 3.63) is 35.5 Å². The monoisotopic (exact) mass is 422 g/mol. The van der Waals surface area contributed by atoms with Crippen LogP contribution in [0.3, 0.4) is 0 Å². The Balaban J connectivity index is 1.47. The molecule has 3 heterocycles. The number of ether oxygens (including phenoxy) is 1. The minimum absolute atomic E-state index is 0.235. The molecule has 2 aromatic rings. The summed E-state index contributed by atoms with van der Waals surface area (Å²) in [5.41, 5.74) is 4.11. The summed E-state index contributed by atoms with van der Waals surface area (Å²) in [4.78, 5) is 26.5. The number of amides is 2. The van der Waals surface area contributed by atoms with Crippen LogP contribution in [0.2, 0.25) is 0 Å². The van der Waals surface area contributed by atoms with Crippen molar-refractivity contribution in [3.63, 3.8) is 0 Å². The van der Waals surface area contributed by atoms with Crippen LogP contribution in [0.5, 0.6) is 0 Å². The lowest BCUT2D eigenvalue weighted by atomic mass is 10.1. The van der Waals surface area contributed by atoms with Gasteiger partial charge in [-0.05, 0) is 49.9 Å². The Morgan fingerprint density at radius 1 is 1.19 bits per heavy atom. The molecule has 1 aliphatic carbocycles. The van der Waals surface area contributed by atoms with Gasteiger partial charge in [0.25, 0.3) is 0 Å². The van der Waals surface area contributed by atoms with Gasteiger partial charge in [0, 0.05) is 50.0 Å². The molecule has 8 nitrogen and oxygen atoms in total. The zero-order chi connectivity index (χ0) is 21.4. The van der Waals surface area contributed by atoms with Crippen LogP contribution in [0.15, 0.2) is 24.3 Å². The minimum atomic E-state index is -0.235. The molecule has 1 saturated heterocycles. The van der Waals surface area contributed by atoms with E-state index in [0.29, 0.717) is 0 Å². The number of urea groups is 1. The van der Waals surface area contributed by atoms with Gasteiger partial charge < -0.3 is 20.3 Å². The van der Waals surface area contributed by atoms with Gasteiger partial charge in [0.1, 0.15) is 5.82 Å². The summed E-state index contributed by atoms with van der Waals surface area (Å²) in [6, 6.07) is 7.76. The van der Waals surface area contributed by atoms with Gasteiger partial charge >= 0.3 is 6.03 Å². The summed E-state index contributed by atoms with van der Waals surface area (Å²) in [5.74, 6) is 2.65. The van der Waals surface area contributed by atoms with Gasteiger partial charge in [-0.25, -0.2) is 14.8 Å². The van der Waals surface area contributed by atoms with E-state index in [9.17, 15) is 4.79 Å². The molecule has 1 atom stereocenters. The van der Waals surface area contributed by atoms with E-state index in [1.54, 1.807) is 7.05 Å². The van der Waals surface area contributed by atoms with Gasteiger partial charge in [-0.1, -0.05) is 0 Å². The zero-order valence-corrected chi connectivity index (χ0v) is 18.2. The second-order valence-corrected chi connectivity index (χ2v) is 8.81. The number of rotatable bonds is 5. The number of hydrogen-bond acceptors (Lipinski definition) is 6. The first-order valence-corrected chi connectivity index (χ1v) is 11.2. The number of carbonyl (C=O) groups is 1. The van der Waals surface area contributed by atoms with Crippen LogP contribution < -0.4 is 15.5 Å². The summed E-state index contributed by atoms with van der Waals surface area (Å²) < 4.78 is 5.67. The number of nitrogens with one attached hydrogen (secondary N) is 2. The van der Waals surface area contributed by atoms with Crippen LogP contribution in [0, 0.1) is 5.92 Å². The van der Waals surface area contributed by atoms with Crippen LogP contribution in [0.4, 0.5) is 16.3 Å². The molecule has 0 radical (unpaired) electrons. The molecule has 2 aliphatic heterocycles. The molecule has 5 rings (SSSR count). The molecular formula is C23H30N6O2. The summed E-state index contributed by atoms with van der Waals surface area (Å²) in [6.45, 7) is 7.47.